The maximum Gasteiger partial charge on any atom is 0.277 e. The Morgan fingerprint density at radius 3 is 2.57 bits per heavy atom. The van der Waals surface area contributed by atoms with Gasteiger partial charge in [0, 0.05) is 12.4 Å². The van der Waals surface area contributed by atoms with Crippen molar-refractivity contribution in [3.05, 3.63) is 59.4 Å². The highest BCUT2D eigenvalue weighted by molar-refractivity contribution is 5.82. The number of ether oxygens (including phenoxy) is 1. The van der Waals surface area contributed by atoms with E-state index in [9.17, 15) is 4.79 Å². The van der Waals surface area contributed by atoms with E-state index in [1.165, 1.54) is 0 Å². The monoisotopic (exact) mass is 283 g/mol. The molecule has 0 aliphatic rings. The van der Waals surface area contributed by atoms with E-state index in [-0.39, 0.29) is 12.5 Å². The predicted molar refractivity (Wildman–Crippen MR) is 81.4 cm³/mol. The second kappa shape index (κ2) is 7.19. The molecule has 2 rings (SSSR count). The van der Waals surface area contributed by atoms with E-state index in [4.69, 9.17) is 4.74 Å². The van der Waals surface area contributed by atoms with Crippen LogP contribution < -0.4 is 10.2 Å². The van der Waals surface area contributed by atoms with Crippen molar-refractivity contribution in [1.29, 1.82) is 0 Å². The van der Waals surface area contributed by atoms with Crippen LogP contribution in [0.3, 0.4) is 0 Å². The highest BCUT2D eigenvalue weighted by atomic mass is 16.5. The van der Waals surface area contributed by atoms with Crippen molar-refractivity contribution in [3.63, 3.8) is 0 Å². The fourth-order valence-corrected chi connectivity index (χ4v) is 1.83. The van der Waals surface area contributed by atoms with Crippen LogP contribution in [0, 0.1) is 13.8 Å². The number of nitrogens with one attached hydrogen (secondary N) is 1. The molecule has 5 heteroatoms. The Morgan fingerprint density at radius 2 is 1.90 bits per heavy atom. The second-order valence-electron chi connectivity index (χ2n) is 4.69. The highest BCUT2D eigenvalue weighted by Gasteiger charge is 2.02. The molecule has 0 saturated heterocycles. The van der Waals surface area contributed by atoms with Crippen molar-refractivity contribution in [2.24, 2.45) is 5.10 Å². The standard InChI is InChI=1S/C16H17N3O2/c1-12-7-13(2)9-15(8-12)21-11-16(20)19-18-10-14-3-5-17-6-4-14/h3-10H,11H2,1-2H3,(H,19,20)/b18-10-. The molecule has 0 fully saturated rings. The van der Waals surface area contributed by atoms with Crippen LogP contribution >= 0.6 is 0 Å². The number of hydrazone groups is 1. The summed E-state index contributed by atoms with van der Waals surface area (Å²) in [6.45, 7) is 3.90. The highest BCUT2D eigenvalue weighted by Crippen LogP contribution is 2.15. The topological polar surface area (TPSA) is 63.6 Å². The second-order valence-corrected chi connectivity index (χ2v) is 4.69. The first kappa shape index (κ1) is 14.7. The number of benzene rings is 1. The zero-order chi connectivity index (χ0) is 15.1. The van der Waals surface area contributed by atoms with Gasteiger partial charge in [0.05, 0.1) is 6.21 Å². The van der Waals surface area contributed by atoms with Crippen molar-refractivity contribution < 1.29 is 9.53 Å². The van der Waals surface area contributed by atoms with Crippen molar-refractivity contribution >= 4 is 12.1 Å². The smallest absolute Gasteiger partial charge is 0.277 e. The summed E-state index contributed by atoms with van der Waals surface area (Å²) < 4.78 is 5.44. The third-order valence-electron chi connectivity index (χ3n) is 2.67. The molecule has 2 aromatic rings. The Kier molecular flexibility index (Phi) is 5.04. The number of hydrogen-bond donors (Lipinski definition) is 1. The molecule has 108 valence electrons. The number of rotatable bonds is 5. The zero-order valence-corrected chi connectivity index (χ0v) is 12.0. The Balaban J connectivity index is 1.81. The molecule has 0 aliphatic heterocycles. The van der Waals surface area contributed by atoms with Crippen LogP contribution in [0.25, 0.3) is 0 Å². The number of aromatic nitrogens is 1. The number of nitrogens with zero attached hydrogens (tertiary/aromatic N) is 2. The first-order chi connectivity index (χ1) is 10.1. The third-order valence-corrected chi connectivity index (χ3v) is 2.67. The lowest BCUT2D eigenvalue weighted by Crippen LogP contribution is -2.24. The van der Waals surface area contributed by atoms with Gasteiger partial charge in [0.25, 0.3) is 5.91 Å². The maximum absolute atomic E-state index is 11.6. The van der Waals surface area contributed by atoms with Gasteiger partial charge in [-0.3, -0.25) is 9.78 Å². The molecule has 0 radical (unpaired) electrons. The molecule has 0 atom stereocenters. The first-order valence-corrected chi connectivity index (χ1v) is 6.56. The van der Waals surface area contributed by atoms with Crippen LogP contribution in [0.5, 0.6) is 5.75 Å². The van der Waals surface area contributed by atoms with Crippen molar-refractivity contribution in [1.82, 2.24) is 10.4 Å². The average molecular weight is 283 g/mol. The molecule has 0 spiro atoms. The van der Waals surface area contributed by atoms with Gasteiger partial charge in [-0.15, -0.1) is 0 Å². The number of pyridine rings is 1. The molecular weight excluding hydrogens is 266 g/mol. The number of aryl methyl sites for hydroxylation is 2. The number of carbonyl (C=O) groups excluding carboxylic acids is 1. The molecule has 0 saturated carbocycles. The summed E-state index contributed by atoms with van der Waals surface area (Å²) in [4.78, 5) is 15.5. The van der Waals surface area contributed by atoms with Crippen molar-refractivity contribution in [2.45, 2.75) is 13.8 Å². The molecule has 0 unspecified atom stereocenters. The van der Waals surface area contributed by atoms with Gasteiger partial charge in [0.1, 0.15) is 5.75 Å². The Labute approximate surface area is 123 Å². The van der Waals surface area contributed by atoms with Crippen LogP contribution in [0.4, 0.5) is 0 Å². The minimum Gasteiger partial charge on any atom is -0.484 e. The van der Waals surface area contributed by atoms with Gasteiger partial charge in [0.2, 0.25) is 0 Å². The first-order valence-electron chi connectivity index (χ1n) is 6.56. The molecule has 1 heterocycles. The van der Waals surface area contributed by atoms with Crippen molar-refractivity contribution in [2.75, 3.05) is 6.61 Å². The van der Waals surface area contributed by atoms with Gasteiger partial charge >= 0.3 is 0 Å². The summed E-state index contributed by atoms with van der Waals surface area (Å²) in [5.74, 6) is 0.375. The molecule has 0 aliphatic carbocycles. The summed E-state index contributed by atoms with van der Waals surface area (Å²) in [6.07, 6.45) is 4.87. The van der Waals surface area contributed by atoms with Gasteiger partial charge in [0.15, 0.2) is 6.61 Å². The SMILES string of the molecule is Cc1cc(C)cc(OCC(=O)N/N=C\c2ccncc2)c1. The Morgan fingerprint density at radius 1 is 1.24 bits per heavy atom. The van der Waals surface area contributed by atoms with Gasteiger partial charge in [-0.2, -0.15) is 5.10 Å². The molecule has 1 amide bonds. The van der Waals surface area contributed by atoms with Gasteiger partial charge in [-0.1, -0.05) is 6.07 Å². The van der Waals surface area contributed by atoms with Crippen LogP contribution in [0.1, 0.15) is 16.7 Å². The van der Waals surface area contributed by atoms with E-state index in [1.54, 1.807) is 30.7 Å². The van der Waals surface area contributed by atoms with E-state index in [2.05, 4.69) is 15.5 Å². The fourth-order valence-electron chi connectivity index (χ4n) is 1.83. The number of hydrogen-bond acceptors (Lipinski definition) is 4. The Hall–Kier alpha value is -2.69. The van der Waals surface area contributed by atoms with Crippen LogP contribution in [0.15, 0.2) is 47.8 Å². The Bertz CT molecular complexity index is 619. The normalized spacial score (nSPS) is 10.6. The summed E-state index contributed by atoms with van der Waals surface area (Å²) in [5, 5.41) is 3.86. The predicted octanol–water partition coefficient (Wildman–Crippen LogP) is 2.23. The van der Waals surface area contributed by atoms with Crippen LogP contribution in [-0.4, -0.2) is 23.7 Å². The van der Waals surface area contributed by atoms with E-state index in [0.717, 1.165) is 16.7 Å². The quantitative estimate of drug-likeness (QED) is 0.676. The van der Waals surface area contributed by atoms with Crippen LogP contribution in [0.2, 0.25) is 0 Å². The largest absolute Gasteiger partial charge is 0.484 e. The molecule has 1 aromatic carbocycles. The lowest BCUT2D eigenvalue weighted by molar-refractivity contribution is -0.123. The lowest BCUT2D eigenvalue weighted by atomic mass is 10.1. The summed E-state index contributed by atoms with van der Waals surface area (Å²) in [7, 11) is 0. The molecule has 0 bridgehead atoms. The maximum atomic E-state index is 11.6. The average Bonchev–Trinajstić information content (AvgIpc) is 2.45. The minimum absolute atomic E-state index is 0.0728. The van der Waals surface area contributed by atoms with Gasteiger partial charge < -0.3 is 4.74 Å². The van der Waals surface area contributed by atoms with Crippen molar-refractivity contribution in [3.8, 4) is 5.75 Å². The van der Waals surface area contributed by atoms with Gasteiger partial charge in [-0.25, -0.2) is 5.43 Å². The van der Waals surface area contributed by atoms with Gasteiger partial charge in [-0.05, 0) is 54.8 Å². The lowest BCUT2D eigenvalue weighted by Gasteiger charge is -2.07. The van der Waals surface area contributed by atoms with Crippen LogP contribution in [-0.2, 0) is 4.79 Å². The molecular formula is C16H17N3O2. The number of amides is 1. The summed E-state index contributed by atoms with van der Waals surface area (Å²) in [5.41, 5.74) is 5.47. The minimum atomic E-state index is -0.306. The molecule has 5 nitrogen and oxygen atoms in total. The summed E-state index contributed by atoms with van der Waals surface area (Å²) in [6, 6.07) is 9.41. The van der Waals surface area contributed by atoms with E-state index in [0.29, 0.717) is 5.75 Å². The molecule has 21 heavy (non-hydrogen) atoms. The summed E-state index contributed by atoms with van der Waals surface area (Å²) >= 11 is 0. The fraction of sp³-hybridized carbons (Fsp3) is 0.188. The molecule has 1 aromatic heterocycles. The van der Waals surface area contributed by atoms with E-state index >= 15 is 0 Å². The third kappa shape index (κ3) is 5.06. The van der Waals surface area contributed by atoms with E-state index < -0.39 is 0 Å². The molecule has 1 N–H and O–H groups in total. The number of carbonyl (C=O) groups is 1. The zero-order valence-electron chi connectivity index (χ0n) is 12.0. The van der Waals surface area contributed by atoms with E-state index in [1.807, 2.05) is 32.0 Å².